The Labute approximate surface area is 108 Å². The first-order chi connectivity index (χ1) is 8.79. The van der Waals surface area contributed by atoms with Crippen LogP contribution in [0.5, 0.6) is 0 Å². The van der Waals surface area contributed by atoms with Crippen LogP contribution in [0, 0.1) is 0 Å². The van der Waals surface area contributed by atoms with Crippen LogP contribution in [0.1, 0.15) is 36.5 Å². The van der Waals surface area contributed by atoms with Gasteiger partial charge in [0.05, 0.1) is 5.56 Å². The topological polar surface area (TPSA) is 45.2 Å². The van der Waals surface area contributed by atoms with Crippen molar-refractivity contribution in [1.29, 1.82) is 0 Å². The molecule has 0 unspecified atom stereocenters. The monoisotopic (exact) mass is 247 g/mol. The van der Waals surface area contributed by atoms with Gasteiger partial charge in [0.1, 0.15) is 0 Å². The zero-order chi connectivity index (χ0) is 12.8. The molecule has 4 nitrogen and oxygen atoms in total. The van der Waals surface area contributed by atoms with Gasteiger partial charge in [-0.2, -0.15) is 0 Å². The van der Waals surface area contributed by atoms with E-state index in [9.17, 15) is 4.79 Å². The van der Waals surface area contributed by atoms with Crippen LogP contribution in [0.4, 0.5) is 0 Å². The molecular formula is C14H21N3O. The van der Waals surface area contributed by atoms with Crippen LogP contribution >= 0.6 is 0 Å². The molecular weight excluding hydrogens is 226 g/mol. The van der Waals surface area contributed by atoms with Crippen LogP contribution in [0.15, 0.2) is 24.5 Å². The number of rotatable bonds is 4. The summed E-state index contributed by atoms with van der Waals surface area (Å²) in [5.41, 5.74) is 0.647. The first-order valence-electron chi connectivity index (χ1n) is 6.73. The second-order valence-corrected chi connectivity index (χ2v) is 4.83. The number of hydrogen-bond donors (Lipinski definition) is 1. The summed E-state index contributed by atoms with van der Waals surface area (Å²) in [6, 6.07) is 3.90. The fourth-order valence-corrected chi connectivity index (χ4v) is 2.38. The van der Waals surface area contributed by atoms with Gasteiger partial charge in [0, 0.05) is 31.5 Å². The van der Waals surface area contributed by atoms with Crippen molar-refractivity contribution < 1.29 is 4.79 Å². The maximum atomic E-state index is 12.0. The lowest BCUT2D eigenvalue weighted by atomic mass is 10.0. The van der Waals surface area contributed by atoms with E-state index in [0.29, 0.717) is 11.6 Å². The molecule has 2 heterocycles. The molecule has 1 saturated heterocycles. The maximum Gasteiger partial charge on any atom is 0.253 e. The van der Waals surface area contributed by atoms with Gasteiger partial charge in [-0.3, -0.25) is 9.78 Å². The van der Waals surface area contributed by atoms with Gasteiger partial charge >= 0.3 is 0 Å². The average Bonchev–Trinajstić information content (AvgIpc) is 2.42. The fraction of sp³-hybridized carbons (Fsp3) is 0.571. The predicted octanol–water partition coefficient (Wildman–Crippen LogP) is 1.69. The van der Waals surface area contributed by atoms with Crippen molar-refractivity contribution in [2.24, 2.45) is 0 Å². The number of nitrogens with one attached hydrogen (secondary N) is 1. The van der Waals surface area contributed by atoms with Gasteiger partial charge in [0.15, 0.2) is 0 Å². The molecule has 0 aromatic carbocycles. The van der Waals surface area contributed by atoms with E-state index in [-0.39, 0.29) is 5.91 Å². The van der Waals surface area contributed by atoms with Crippen LogP contribution in [-0.2, 0) is 0 Å². The summed E-state index contributed by atoms with van der Waals surface area (Å²) in [5, 5.41) is 3.09. The van der Waals surface area contributed by atoms with Crippen LogP contribution in [-0.4, -0.2) is 41.5 Å². The molecule has 0 saturated carbocycles. The normalized spacial score (nSPS) is 17.6. The van der Waals surface area contributed by atoms with Gasteiger partial charge < -0.3 is 10.2 Å². The second kappa shape index (κ2) is 6.50. The van der Waals surface area contributed by atoms with Gasteiger partial charge in [-0.05, 0) is 37.9 Å². The summed E-state index contributed by atoms with van der Waals surface area (Å²) in [6.45, 7) is 5.55. The van der Waals surface area contributed by atoms with Gasteiger partial charge in [-0.1, -0.05) is 6.92 Å². The molecule has 0 bridgehead atoms. The quantitative estimate of drug-likeness (QED) is 0.880. The van der Waals surface area contributed by atoms with Crippen molar-refractivity contribution in [3.05, 3.63) is 30.1 Å². The third-order valence-corrected chi connectivity index (χ3v) is 3.39. The first kappa shape index (κ1) is 13.0. The van der Waals surface area contributed by atoms with Crippen LogP contribution < -0.4 is 5.32 Å². The molecule has 18 heavy (non-hydrogen) atoms. The molecule has 1 amide bonds. The van der Waals surface area contributed by atoms with Crippen molar-refractivity contribution in [3.8, 4) is 0 Å². The molecule has 0 radical (unpaired) electrons. The van der Waals surface area contributed by atoms with E-state index in [0.717, 1.165) is 25.9 Å². The predicted molar refractivity (Wildman–Crippen MR) is 71.5 cm³/mol. The largest absolute Gasteiger partial charge is 0.349 e. The van der Waals surface area contributed by atoms with Gasteiger partial charge in [0.2, 0.25) is 0 Å². The molecule has 0 atom stereocenters. The molecule has 1 aliphatic rings. The molecule has 2 rings (SSSR count). The molecule has 1 aromatic heterocycles. The van der Waals surface area contributed by atoms with Crippen molar-refractivity contribution in [2.75, 3.05) is 19.6 Å². The molecule has 4 heteroatoms. The van der Waals surface area contributed by atoms with Crippen molar-refractivity contribution in [2.45, 2.75) is 32.2 Å². The third kappa shape index (κ3) is 3.53. The third-order valence-electron chi connectivity index (χ3n) is 3.39. The zero-order valence-corrected chi connectivity index (χ0v) is 10.9. The smallest absolute Gasteiger partial charge is 0.253 e. The highest BCUT2D eigenvalue weighted by atomic mass is 16.1. The van der Waals surface area contributed by atoms with E-state index < -0.39 is 0 Å². The number of amides is 1. The van der Waals surface area contributed by atoms with Gasteiger partial charge in [-0.15, -0.1) is 0 Å². The number of carbonyl (C=O) groups excluding carboxylic acids is 1. The number of carbonyl (C=O) groups is 1. The van der Waals surface area contributed by atoms with E-state index in [1.54, 1.807) is 24.5 Å². The minimum atomic E-state index is -0.00274. The highest BCUT2D eigenvalue weighted by Gasteiger charge is 2.20. The molecule has 98 valence electrons. The van der Waals surface area contributed by atoms with Gasteiger partial charge in [0.25, 0.3) is 5.91 Å². The average molecular weight is 247 g/mol. The molecule has 1 fully saturated rings. The molecule has 0 aliphatic carbocycles. The van der Waals surface area contributed by atoms with Crippen molar-refractivity contribution >= 4 is 5.91 Å². The number of aromatic nitrogens is 1. The lowest BCUT2D eigenvalue weighted by Gasteiger charge is -2.32. The minimum absolute atomic E-state index is 0.00274. The Hall–Kier alpha value is -1.42. The Morgan fingerprint density at radius 3 is 2.89 bits per heavy atom. The van der Waals surface area contributed by atoms with E-state index in [4.69, 9.17) is 0 Å². The molecule has 1 aromatic rings. The summed E-state index contributed by atoms with van der Waals surface area (Å²) in [4.78, 5) is 18.4. The second-order valence-electron chi connectivity index (χ2n) is 4.83. The van der Waals surface area contributed by atoms with Crippen LogP contribution in [0.2, 0.25) is 0 Å². The zero-order valence-electron chi connectivity index (χ0n) is 10.9. The Kier molecular flexibility index (Phi) is 4.70. The summed E-state index contributed by atoms with van der Waals surface area (Å²) >= 11 is 0. The molecule has 1 N–H and O–H groups in total. The van der Waals surface area contributed by atoms with E-state index in [1.807, 2.05) is 0 Å². The Balaban J connectivity index is 1.80. The first-order valence-corrected chi connectivity index (χ1v) is 6.73. The summed E-state index contributed by atoms with van der Waals surface area (Å²) in [6.07, 6.45) is 6.59. The number of likely N-dealkylation sites (tertiary alicyclic amines) is 1. The maximum absolute atomic E-state index is 12.0. The molecule has 1 aliphatic heterocycles. The van der Waals surface area contributed by atoms with E-state index >= 15 is 0 Å². The van der Waals surface area contributed by atoms with Crippen molar-refractivity contribution in [3.63, 3.8) is 0 Å². The summed E-state index contributed by atoms with van der Waals surface area (Å²) in [7, 11) is 0. The number of nitrogens with zero attached hydrogens (tertiary/aromatic N) is 2. The van der Waals surface area contributed by atoms with Crippen molar-refractivity contribution in [1.82, 2.24) is 15.2 Å². The minimum Gasteiger partial charge on any atom is -0.349 e. The van der Waals surface area contributed by atoms with E-state index in [2.05, 4.69) is 22.1 Å². The Morgan fingerprint density at radius 1 is 1.50 bits per heavy atom. The fourth-order valence-electron chi connectivity index (χ4n) is 2.38. The van der Waals surface area contributed by atoms with Gasteiger partial charge in [-0.25, -0.2) is 0 Å². The summed E-state index contributed by atoms with van der Waals surface area (Å²) < 4.78 is 0. The lowest BCUT2D eigenvalue weighted by Crippen LogP contribution is -2.44. The van der Waals surface area contributed by atoms with E-state index in [1.165, 1.54) is 13.0 Å². The number of piperidine rings is 1. The standard InChI is InChI=1S/C14H21N3O/c1-2-8-17-9-5-13(6-10-17)16-14(18)12-4-3-7-15-11-12/h3-4,7,11,13H,2,5-6,8-10H2,1H3,(H,16,18). The Bertz CT molecular complexity index is 372. The van der Waals surface area contributed by atoms with Crippen LogP contribution in [0.25, 0.3) is 0 Å². The summed E-state index contributed by atoms with van der Waals surface area (Å²) in [5.74, 6) is -0.00274. The Morgan fingerprint density at radius 2 is 2.28 bits per heavy atom. The number of pyridine rings is 1. The SMILES string of the molecule is CCCN1CCC(NC(=O)c2cccnc2)CC1. The molecule has 0 spiro atoms. The lowest BCUT2D eigenvalue weighted by molar-refractivity contribution is 0.0911. The number of hydrogen-bond acceptors (Lipinski definition) is 3. The van der Waals surface area contributed by atoms with Crippen LogP contribution in [0.3, 0.4) is 0 Å². The highest BCUT2D eigenvalue weighted by molar-refractivity contribution is 5.93. The highest BCUT2D eigenvalue weighted by Crippen LogP contribution is 2.11.